The van der Waals surface area contributed by atoms with Crippen LogP contribution in [0.3, 0.4) is 0 Å². The normalized spacial score (nSPS) is 14.4. The van der Waals surface area contributed by atoms with E-state index in [0.717, 1.165) is 11.4 Å². The Morgan fingerprint density at radius 3 is 1.92 bits per heavy atom. The lowest BCUT2D eigenvalue weighted by atomic mass is 9.82. The van der Waals surface area contributed by atoms with Crippen molar-refractivity contribution in [2.45, 2.75) is 45.8 Å². The molecule has 0 saturated carbocycles. The first-order chi connectivity index (χ1) is 30.9. The average molecular weight is 844 g/mol. The number of para-hydroxylation sites is 2. The third kappa shape index (κ3) is 5.12. The molecule has 63 heavy (non-hydrogen) atoms. The van der Waals surface area contributed by atoms with E-state index in [-0.39, 0.29) is 5.41 Å². The third-order valence-corrected chi connectivity index (χ3v) is 16.1. The molecule has 3 aromatic heterocycles. The Kier molecular flexibility index (Phi) is 7.89. The van der Waals surface area contributed by atoms with E-state index in [1.54, 1.807) is 0 Å². The van der Waals surface area contributed by atoms with Crippen LogP contribution in [-0.4, -0.2) is 13.7 Å². The summed E-state index contributed by atoms with van der Waals surface area (Å²) in [5.41, 5.74) is 16.0. The van der Waals surface area contributed by atoms with Crippen LogP contribution >= 0.6 is 23.5 Å². The number of hydrogen-bond acceptors (Lipinski definition) is 2. The zero-order valence-corrected chi connectivity index (χ0v) is 36.8. The lowest BCUT2D eigenvalue weighted by Gasteiger charge is -2.22. The first kappa shape index (κ1) is 36.7. The van der Waals surface area contributed by atoms with Gasteiger partial charge in [0.15, 0.2) is 0 Å². The molecule has 0 spiro atoms. The number of hydrogen-bond donors (Lipinski definition) is 0. The molecule has 0 saturated heterocycles. The Morgan fingerprint density at radius 1 is 0.508 bits per heavy atom. The monoisotopic (exact) mass is 843 g/mol. The first-order valence-corrected chi connectivity index (χ1v) is 23.3. The van der Waals surface area contributed by atoms with Crippen LogP contribution in [0.1, 0.15) is 31.9 Å². The molecule has 13 rings (SSSR count). The van der Waals surface area contributed by atoms with Gasteiger partial charge in [0, 0.05) is 69.5 Å². The van der Waals surface area contributed by atoms with Crippen LogP contribution in [0.2, 0.25) is 0 Å². The molecule has 0 N–H and O–H groups in total. The van der Waals surface area contributed by atoms with Crippen molar-refractivity contribution in [2.75, 3.05) is 0 Å². The highest BCUT2D eigenvalue weighted by atomic mass is 32.2. The number of aromatic nitrogens is 3. The fourth-order valence-electron chi connectivity index (χ4n) is 10.8. The molecule has 300 valence electrons. The summed E-state index contributed by atoms with van der Waals surface area (Å²) in [6.07, 6.45) is 8.20. The SMILES string of the molecule is C=C/C=C(\C=C/C)n1c2ccccc2c2cc(-n3c4ccccc4c4cc(-n5c6cc7c(cc6c6ccc8c(c65)Sc5ccccc5S8)-c5ccccc5C7(C)C)ccc43)ccc21. The van der Waals surface area contributed by atoms with Gasteiger partial charge in [-0.2, -0.15) is 0 Å². The van der Waals surface area contributed by atoms with Crippen molar-refractivity contribution in [3.63, 3.8) is 0 Å². The van der Waals surface area contributed by atoms with Crippen molar-refractivity contribution in [1.29, 1.82) is 0 Å². The van der Waals surface area contributed by atoms with Crippen LogP contribution < -0.4 is 0 Å². The summed E-state index contributed by atoms with van der Waals surface area (Å²) in [5, 5.41) is 7.49. The Hall–Kier alpha value is -6.92. The smallest absolute Gasteiger partial charge is 0.0692 e. The lowest BCUT2D eigenvalue weighted by molar-refractivity contribution is 0.661. The maximum absolute atomic E-state index is 4.03. The molecule has 3 nitrogen and oxygen atoms in total. The van der Waals surface area contributed by atoms with E-state index in [2.05, 4.69) is 217 Å². The quantitative estimate of drug-likeness (QED) is 0.160. The van der Waals surface area contributed by atoms with E-state index in [9.17, 15) is 0 Å². The van der Waals surface area contributed by atoms with Gasteiger partial charge in [-0.15, -0.1) is 0 Å². The molecule has 0 radical (unpaired) electrons. The number of allylic oxidation sites excluding steroid dienone is 5. The van der Waals surface area contributed by atoms with Crippen LogP contribution in [0.5, 0.6) is 0 Å². The summed E-state index contributed by atoms with van der Waals surface area (Å²) in [7, 11) is 0. The predicted octanol–water partition coefficient (Wildman–Crippen LogP) is 16.5. The van der Waals surface area contributed by atoms with Gasteiger partial charge in [-0.1, -0.05) is 135 Å². The van der Waals surface area contributed by atoms with Crippen molar-refractivity contribution < 1.29 is 0 Å². The van der Waals surface area contributed by atoms with Gasteiger partial charge in [0.2, 0.25) is 0 Å². The van der Waals surface area contributed by atoms with Crippen molar-refractivity contribution in [3.05, 3.63) is 200 Å². The van der Waals surface area contributed by atoms with E-state index in [0.29, 0.717) is 0 Å². The van der Waals surface area contributed by atoms with Crippen LogP contribution in [0.15, 0.2) is 208 Å². The average Bonchev–Trinajstić information content (AvgIpc) is 4.00. The van der Waals surface area contributed by atoms with Crippen LogP contribution in [0.4, 0.5) is 0 Å². The highest BCUT2D eigenvalue weighted by molar-refractivity contribution is 8.05. The highest BCUT2D eigenvalue weighted by Gasteiger charge is 2.36. The Bertz CT molecular complexity index is 3870. The third-order valence-electron chi connectivity index (χ3n) is 13.5. The second-order valence-electron chi connectivity index (χ2n) is 17.3. The molecule has 1 aliphatic heterocycles. The van der Waals surface area contributed by atoms with Gasteiger partial charge in [0.05, 0.1) is 38.0 Å². The van der Waals surface area contributed by atoms with Crippen LogP contribution in [0, 0.1) is 0 Å². The maximum Gasteiger partial charge on any atom is 0.0692 e. The number of nitrogens with zero attached hydrogens (tertiary/aromatic N) is 3. The molecule has 0 unspecified atom stereocenters. The minimum absolute atomic E-state index is 0.120. The van der Waals surface area contributed by atoms with Gasteiger partial charge in [-0.05, 0) is 120 Å². The van der Waals surface area contributed by atoms with Gasteiger partial charge in [0.1, 0.15) is 0 Å². The summed E-state index contributed by atoms with van der Waals surface area (Å²) in [6, 6.07) is 59.3. The second kappa shape index (κ2) is 13.5. The highest BCUT2D eigenvalue weighted by Crippen LogP contribution is 2.55. The number of fused-ring (bicyclic) bond motifs is 15. The maximum atomic E-state index is 4.03. The lowest BCUT2D eigenvalue weighted by Crippen LogP contribution is -2.15. The fourth-order valence-corrected chi connectivity index (χ4v) is 13.2. The molecule has 1 aliphatic carbocycles. The van der Waals surface area contributed by atoms with E-state index >= 15 is 0 Å². The second-order valence-corrected chi connectivity index (χ2v) is 19.4. The number of benzene rings is 8. The van der Waals surface area contributed by atoms with Crippen molar-refractivity contribution >= 4 is 94.6 Å². The number of rotatable bonds is 5. The minimum Gasteiger partial charge on any atom is -0.309 e. The van der Waals surface area contributed by atoms with Crippen LogP contribution in [0.25, 0.3) is 93.6 Å². The van der Waals surface area contributed by atoms with E-state index in [4.69, 9.17) is 0 Å². The van der Waals surface area contributed by atoms with Gasteiger partial charge < -0.3 is 13.7 Å². The topological polar surface area (TPSA) is 14.8 Å². The molecule has 4 heterocycles. The molecule has 5 heteroatoms. The zero-order valence-electron chi connectivity index (χ0n) is 35.2. The summed E-state index contributed by atoms with van der Waals surface area (Å²) in [6.45, 7) is 10.9. The summed E-state index contributed by atoms with van der Waals surface area (Å²) in [5.74, 6) is 0. The standard InChI is InChI=1S/C58H41N3S2/c1-5-15-35(16-6-2)59-48-21-11-8-18-39(48)43-31-36(25-28-50(43)59)60-49-22-12-9-19-40(49)44-32-37(26-29-51(44)60)61-52-34-47-42(38-17-7-10-20-46(38)58(47,3)4)33-45(52)41-27-30-55-57(56(41)61)63-54-24-14-13-23-53(54)62-55/h5-34H,1H2,2-4H3/b16-6-,35-15+. The van der Waals surface area contributed by atoms with Crippen molar-refractivity contribution in [1.82, 2.24) is 13.7 Å². The minimum atomic E-state index is -0.120. The largest absolute Gasteiger partial charge is 0.309 e. The van der Waals surface area contributed by atoms with E-state index < -0.39 is 0 Å². The van der Waals surface area contributed by atoms with E-state index in [1.165, 1.54) is 113 Å². The summed E-state index contributed by atoms with van der Waals surface area (Å²) >= 11 is 3.80. The summed E-state index contributed by atoms with van der Waals surface area (Å²) < 4.78 is 7.38. The predicted molar refractivity (Wildman–Crippen MR) is 270 cm³/mol. The molecule has 8 aromatic carbocycles. The van der Waals surface area contributed by atoms with Gasteiger partial charge in [0.25, 0.3) is 0 Å². The molecule has 0 amide bonds. The first-order valence-electron chi connectivity index (χ1n) is 21.7. The Labute approximate surface area is 374 Å². The fraction of sp³-hybridized carbons (Fsp3) is 0.0690. The molecule has 0 bridgehead atoms. The Morgan fingerprint density at radius 2 is 1.13 bits per heavy atom. The summed E-state index contributed by atoms with van der Waals surface area (Å²) in [4.78, 5) is 5.26. The van der Waals surface area contributed by atoms with Gasteiger partial charge in [-0.3, -0.25) is 0 Å². The van der Waals surface area contributed by atoms with E-state index in [1.807, 2.05) is 29.6 Å². The Balaban J connectivity index is 1.07. The van der Waals surface area contributed by atoms with Crippen LogP contribution in [-0.2, 0) is 5.41 Å². The molecule has 11 aromatic rings. The molecular weight excluding hydrogens is 803 g/mol. The molecule has 0 atom stereocenters. The zero-order chi connectivity index (χ0) is 42.1. The van der Waals surface area contributed by atoms with Gasteiger partial charge in [-0.25, -0.2) is 0 Å². The molecule has 2 aliphatic rings. The molecular formula is C58H41N3S2. The van der Waals surface area contributed by atoms with Gasteiger partial charge >= 0.3 is 0 Å². The van der Waals surface area contributed by atoms with Crippen molar-refractivity contribution in [3.8, 4) is 22.5 Å². The molecule has 0 fully saturated rings. The van der Waals surface area contributed by atoms with Crippen molar-refractivity contribution in [2.24, 2.45) is 0 Å².